The number of carboxylic acids is 1. The molecule has 1 fully saturated rings. The van der Waals surface area contributed by atoms with E-state index in [1.54, 1.807) is 0 Å². The standard InChI is InChI=1S/C15H28N2O3S/c1-12(5-6-13(18)19)7-10-16-14(20)17-11-15(21-2)8-3-4-9-15/h12H,3-11H2,1-2H3,(H,18,19)(H2,16,17,20). The van der Waals surface area contributed by atoms with Gasteiger partial charge in [0, 0.05) is 24.3 Å². The van der Waals surface area contributed by atoms with Crippen molar-refractivity contribution in [2.75, 3.05) is 19.3 Å². The third kappa shape index (κ3) is 7.07. The van der Waals surface area contributed by atoms with Gasteiger partial charge in [-0.1, -0.05) is 19.8 Å². The lowest BCUT2D eigenvalue weighted by molar-refractivity contribution is -0.137. The van der Waals surface area contributed by atoms with Crippen LogP contribution in [0.3, 0.4) is 0 Å². The molecule has 0 aromatic heterocycles. The summed E-state index contributed by atoms with van der Waals surface area (Å²) in [5.74, 6) is -0.444. The van der Waals surface area contributed by atoms with Crippen molar-refractivity contribution in [2.45, 2.75) is 56.6 Å². The van der Waals surface area contributed by atoms with Crippen LogP contribution < -0.4 is 10.6 Å². The van der Waals surface area contributed by atoms with E-state index in [-0.39, 0.29) is 17.2 Å². The largest absolute Gasteiger partial charge is 0.481 e. The molecule has 0 aliphatic heterocycles. The molecule has 0 aromatic rings. The van der Waals surface area contributed by atoms with E-state index in [1.165, 1.54) is 25.7 Å². The highest BCUT2D eigenvalue weighted by Crippen LogP contribution is 2.39. The van der Waals surface area contributed by atoms with Gasteiger partial charge >= 0.3 is 12.0 Å². The smallest absolute Gasteiger partial charge is 0.314 e. The summed E-state index contributed by atoms with van der Waals surface area (Å²) in [6.07, 6.45) is 8.67. The van der Waals surface area contributed by atoms with E-state index < -0.39 is 5.97 Å². The highest BCUT2D eigenvalue weighted by molar-refractivity contribution is 8.00. The molecule has 0 aromatic carbocycles. The molecule has 0 saturated heterocycles. The molecule has 1 atom stereocenters. The van der Waals surface area contributed by atoms with Gasteiger partial charge in [-0.3, -0.25) is 4.79 Å². The Morgan fingerprint density at radius 1 is 1.24 bits per heavy atom. The second-order valence-electron chi connectivity index (χ2n) is 6.03. The number of urea groups is 1. The number of carbonyl (C=O) groups is 2. The average molecular weight is 316 g/mol. The van der Waals surface area contributed by atoms with Gasteiger partial charge < -0.3 is 15.7 Å². The predicted molar refractivity (Wildman–Crippen MR) is 86.8 cm³/mol. The number of carbonyl (C=O) groups excluding carboxylic acids is 1. The normalized spacial score (nSPS) is 18.2. The molecular weight excluding hydrogens is 288 g/mol. The van der Waals surface area contributed by atoms with Gasteiger partial charge in [0.25, 0.3) is 0 Å². The summed E-state index contributed by atoms with van der Waals surface area (Å²) >= 11 is 1.86. The molecule has 1 saturated carbocycles. The summed E-state index contributed by atoms with van der Waals surface area (Å²) < 4.78 is 0.228. The summed E-state index contributed by atoms with van der Waals surface area (Å²) in [7, 11) is 0. The summed E-state index contributed by atoms with van der Waals surface area (Å²) in [6, 6.07) is -0.110. The van der Waals surface area contributed by atoms with Crippen LogP contribution in [0, 0.1) is 5.92 Å². The van der Waals surface area contributed by atoms with Crippen LogP contribution in [0.2, 0.25) is 0 Å². The van der Waals surface area contributed by atoms with Gasteiger partial charge in [-0.2, -0.15) is 11.8 Å². The van der Waals surface area contributed by atoms with E-state index in [0.717, 1.165) is 13.0 Å². The molecule has 122 valence electrons. The Hall–Kier alpha value is -0.910. The van der Waals surface area contributed by atoms with Crippen molar-refractivity contribution < 1.29 is 14.7 Å². The number of rotatable bonds is 9. The van der Waals surface area contributed by atoms with Gasteiger partial charge in [-0.05, 0) is 37.9 Å². The molecule has 0 bridgehead atoms. The lowest BCUT2D eigenvalue weighted by atomic mass is 10.0. The van der Waals surface area contributed by atoms with Gasteiger partial charge in [-0.15, -0.1) is 0 Å². The van der Waals surface area contributed by atoms with Crippen molar-refractivity contribution in [3.63, 3.8) is 0 Å². The predicted octanol–water partition coefficient (Wildman–Crippen LogP) is 2.85. The molecule has 5 nitrogen and oxygen atoms in total. The maximum atomic E-state index is 11.8. The van der Waals surface area contributed by atoms with E-state index in [1.807, 2.05) is 18.7 Å². The van der Waals surface area contributed by atoms with Gasteiger partial charge in [0.2, 0.25) is 0 Å². The molecule has 0 spiro atoms. The van der Waals surface area contributed by atoms with Crippen LogP contribution in [-0.2, 0) is 4.79 Å². The molecule has 1 aliphatic carbocycles. The van der Waals surface area contributed by atoms with Crippen LogP contribution in [0.15, 0.2) is 0 Å². The van der Waals surface area contributed by atoms with Crippen molar-refractivity contribution in [3.05, 3.63) is 0 Å². The lowest BCUT2D eigenvalue weighted by Gasteiger charge is -2.27. The number of hydrogen-bond donors (Lipinski definition) is 3. The maximum absolute atomic E-state index is 11.8. The number of carboxylic acid groups (broad SMARTS) is 1. The lowest BCUT2D eigenvalue weighted by Crippen LogP contribution is -2.43. The summed E-state index contributed by atoms with van der Waals surface area (Å²) in [5.41, 5.74) is 0. The van der Waals surface area contributed by atoms with E-state index in [2.05, 4.69) is 16.9 Å². The molecule has 1 aliphatic rings. The molecular formula is C15H28N2O3S. The zero-order valence-electron chi connectivity index (χ0n) is 13.1. The molecule has 0 radical (unpaired) electrons. The van der Waals surface area contributed by atoms with Crippen LogP contribution in [-0.4, -0.2) is 41.2 Å². The minimum atomic E-state index is -0.758. The first-order valence-electron chi connectivity index (χ1n) is 7.76. The van der Waals surface area contributed by atoms with E-state index >= 15 is 0 Å². The first-order chi connectivity index (χ1) is 9.97. The molecule has 1 unspecified atom stereocenters. The fourth-order valence-corrected chi connectivity index (χ4v) is 3.64. The van der Waals surface area contributed by atoms with Crippen molar-refractivity contribution in [1.82, 2.24) is 10.6 Å². The van der Waals surface area contributed by atoms with Gasteiger partial charge in [0.15, 0.2) is 0 Å². The minimum absolute atomic E-state index is 0.110. The average Bonchev–Trinajstić information content (AvgIpc) is 2.92. The van der Waals surface area contributed by atoms with Crippen LogP contribution in [0.25, 0.3) is 0 Å². The Morgan fingerprint density at radius 3 is 2.48 bits per heavy atom. The van der Waals surface area contributed by atoms with Crippen LogP contribution in [0.1, 0.15) is 51.9 Å². The second kappa shape index (κ2) is 9.18. The molecule has 1 rings (SSSR count). The Bertz CT molecular complexity index is 344. The fourth-order valence-electron chi connectivity index (χ4n) is 2.72. The maximum Gasteiger partial charge on any atom is 0.314 e. The highest BCUT2D eigenvalue weighted by atomic mass is 32.2. The molecule has 3 N–H and O–H groups in total. The number of amides is 2. The van der Waals surface area contributed by atoms with Gasteiger partial charge in [0.1, 0.15) is 0 Å². The van der Waals surface area contributed by atoms with Gasteiger partial charge in [0.05, 0.1) is 0 Å². The summed E-state index contributed by atoms with van der Waals surface area (Å²) in [4.78, 5) is 22.3. The SMILES string of the molecule is CSC1(CNC(=O)NCCC(C)CCC(=O)O)CCCC1. The topological polar surface area (TPSA) is 78.4 Å². The van der Waals surface area contributed by atoms with Crippen molar-refractivity contribution in [2.24, 2.45) is 5.92 Å². The van der Waals surface area contributed by atoms with Gasteiger partial charge in [-0.25, -0.2) is 4.79 Å². The Kier molecular flexibility index (Phi) is 7.93. The van der Waals surface area contributed by atoms with Crippen molar-refractivity contribution >= 4 is 23.8 Å². The minimum Gasteiger partial charge on any atom is -0.481 e. The first-order valence-corrected chi connectivity index (χ1v) is 8.98. The first kappa shape index (κ1) is 18.1. The number of hydrogen-bond acceptors (Lipinski definition) is 3. The number of aliphatic carboxylic acids is 1. The second-order valence-corrected chi connectivity index (χ2v) is 7.30. The van der Waals surface area contributed by atoms with Crippen LogP contribution >= 0.6 is 11.8 Å². The van der Waals surface area contributed by atoms with Crippen molar-refractivity contribution in [3.8, 4) is 0 Å². The molecule has 21 heavy (non-hydrogen) atoms. The zero-order valence-corrected chi connectivity index (χ0v) is 13.9. The summed E-state index contributed by atoms with van der Waals surface area (Å²) in [6.45, 7) is 3.34. The Labute approximate surface area is 131 Å². The summed E-state index contributed by atoms with van der Waals surface area (Å²) in [5, 5.41) is 14.5. The van der Waals surface area contributed by atoms with E-state index in [9.17, 15) is 9.59 Å². The fraction of sp³-hybridized carbons (Fsp3) is 0.867. The third-order valence-electron chi connectivity index (χ3n) is 4.29. The quantitative estimate of drug-likeness (QED) is 0.611. The Balaban J connectivity index is 2.12. The van der Waals surface area contributed by atoms with Crippen molar-refractivity contribution in [1.29, 1.82) is 0 Å². The third-order valence-corrected chi connectivity index (χ3v) is 5.71. The van der Waals surface area contributed by atoms with Crippen LogP contribution in [0.5, 0.6) is 0 Å². The van der Waals surface area contributed by atoms with Crippen LogP contribution in [0.4, 0.5) is 4.79 Å². The molecule has 2 amide bonds. The molecule has 0 heterocycles. The highest BCUT2D eigenvalue weighted by Gasteiger charge is 2.33. The zero-order chi connectivity index (χ0) is 15.7. The Morgan fingerprint density at radius 2 is 1.90 bits per heavy atom. The van der Waals surface area contributed by atoms with E-state index in [4.69, 9.17) is 5.11 Å². The number of thioether (sulfide) groups is 1. The van der Waals surface area contributed by atoms with E-state index in [0.29, 0.717) is 18.9 Å². The number of nitrogens with one attached hydrogen (secondary N) is 2. The molecule has 6 heteroatoms. The monoisotopic (exact) mass is 316 g/mol.